The second kappa shape index (κ2) is 5.30. The molecule has 0 aliphatic rings. The maximum absolute atomic E-state index is 12.2. The van der Waals surface area contributed by atoms with E-state index in [1.165, 1.54) is 0 Å². The van der Waals surface area contributed by atoms with E-state index in [0.29, 0.717) is 0 Å². The molecule has 0 spiro atoms. The molecule has 0 rings (SSSR count). The summed E-state index contributed by atoms with van der Waals surface area (Å²) in [4.78, 5) is 10.5. The van der Waals surface area contributed by atoms with Crippen molar-refractivity contribution < 1.29 is 44.3 Å². The molecule has 0 saturated carbocycles. The Bertz CT molecular complexity index is 399. The van der Waals surface area contributed by atoms with Gasteiger partial charge in [0.1, 0.15) is 0 Å². The first-order valence-electron chi connectivity index (χ1n) is 4.06. The molecule has 0 bridgehead atoms. The van der Waals surface area contributed by atoms with Gasteiger partial charge in [-0.2, -0.15) is 26.3 Å². The van der Waals surface area contributed by atoms with E-state index in [1.54, 1.807) is 0 Å². The van der Waals surface area contributed by atoms with Crippen LogP contribution in [-0.2, 0) is 19.6 Å². The molecule has 0 aromatic rings. The zero-order valence-electron chi connectivity index (χ0n) is 8.67. The van der Waals surface area contributed by atoms with E-state index in [1.807, 2.05) is 0 Å². The van der Waals surface area contributed by atoms with Crippen molar-refractivity contribution in [2.24, 2.45) is 0 Å². The summed E-state index contributed by atoms with van der Waals surface area (Å²) in [5, 5.41) is 0. The Morgan fingerprint density at radius 1 is 1.17 bits per heavy atom. The molecule has 0 aliphatic carbocycles. The Balaban J connectivity index is 5.23. The lowest BCUT2D eigenvalue weighted by molar-refractivity contribution is -0.215. The molecular weight excluding hydrogens is 296 g/mol. The molecule has 0 aromatic carbocycles. The molecule has 0 amide bonds. The van der Waals surface area contributed by atoms with Crippen LogP contribution in [0.15, 0.2) is 0 Å². The van der Waals surface area contributed by atoms with Crippen LogP contribution in [-0.4, -0.2) is 44.2 Å². The summed E-state index contributed by atoms with van der Waals surface area (Å²) in [6.07, 6.45) is -6.95. The molecule has 0 heterocycles. The van der Waals surface area contributed by atoms with Gasteiger partial charge in [-0.3, -0.25) is 4.79 Å². The largest absolute Gasteiger partial charge is 0.511 e. The van der Waals surface area contributed by atoms with Crippen LogP contribution in [0.1, 0.15) is 6.42 Å². The maximum Gasteiger partial charge on any atom is 0.511 e. The minimum Gasteiger partial charge on any atom is -0.469 e. The molecule has 0 N–H and O–H groups in total. The molecule has 12 heteroatoms. The lowest BCUT2D eigenvalue weighted by Gasteiger charge is -2.24. The van der Waals surface area contributed by atoms with Gasteiger partial charge >= 0.3 is 27.8 Å². The summed E-state index contributed by atoms with van der Waals surface area (Å²) >= 11 is 0. The van der Waals surface area contributed by atoms with Crippen LogP contribution in [0.25, 0.3) is 0 Å². The summed E-state index contributed by atoms with van der Waals surface area (Å²) in [6.45, 7) is -1.71. The van der Waals surface area contributed by atoms with Gasteiger partial charge in [0.05, 0.1) is 13.5 Å². The maximum atomic E-state index is 12.2. The van der Waals surface area contributed by atoms with Crippen LogP contribution in [0.5, 0.6) is 0 Å². The molecule has 5 nitrogen and oxygen atoms in total. The predicted octanol–water partition coefficient (Wildman–Crippen LogP) is 1.22. The molecule has 0 unspecified atom stereocenters. The third-order valence-electron chi connectivity index (χ3n) is 1.61. The van der Waals surface area contributed by atoms with Crippen LogP contribution in [0.4, 0.5) is 26.3 Å². The third-order valence-corrected chi connectivity index (χ3v) is 3.17. The highest BCUT2D eigenvalue weighted by molar-refractivity contribution is 7.90. The normalized spacial score (nSPS) is 13.8. The second-order valence-electron chi connectivity index (χ2n) is 2.82. The number of esters is 1. The first kappa shape index (κ1) is 17.0. The molecular formula is C6H7F6NO4S. The van der Waals surface area contributed by atoms with Crippen LogP contribution >= 0.6 is 0 Å². The highest BCUT2D eigenvalue weighted by atomic mass is 32.2. The number of methoxy groups -OCH3 is 1. The number of sulfonamides is 1. The zero-order chi connectivity index (χ0) is 14.8. The number of carbonyl (C=O) groups is 1. The lowest BCUT2D eigenvalue weighted by Crippen LogP contribution is -2.49. The van der Waals surface area contributed by atoms with Crippen LogP contribution in [0.3, 0.4) is 0 Å². The number of alkyl halides is 6. The first-order chi connectivity index (χ1) is 7.84. The molecule has 0 saturated heterocycles. The number of carbonyl (C=O) groups excluding carboxylic acids is 1. The van der Waals surface area contributed by atoms with Crippen molar-refractivity contribution in [3.8, 4) is 0 Å². The van der Waals surface area contributed by atoms with Gasteiger partial charge in [-0.25, -0.2) is 8.42 Å². The molecule has 0 fully saturated rings. The fourth-order valence-electron chi connectivity index (χ4n) is 0.803. The van der Waals surface area contributed by atoms with Gasteiger partial charge in [-0.15, -0.1) is 4.31 Å². The van der Waals surface area contributed by atoms with Crippen LogP contribution in [0.2, 0.25) is 0 Å². The Labute approximate surface area is 97.4 Å². The van der Waals surface area contributed by atoms with Gasteiger partial charge in [0.2, 0.25) is 0 Å². The number of ether oxygens (including phenoxy) is 1. The second-order valence-corrected chi connectivity index (χ2v) is 4.67. The average Bonchev–Trinajstić information content (AvgIpc) is 2.13. The van der Waals surface area contributed by atoms with Gasteiger partial charge < -0.3 is 4.74 Å². The van der Waals surface area contributed by atoms with E-state index >= 15 is 0 Å². The van der Waals surface area contributed by atoms with Crippen LogP contribution in [0, 0.1) is 0 Å². The molecule has 0 atom stereocenters. The van der Waals surface area contributed by atoms with Gasteiger partial charge in [0.25, 0.3) is 0 Å². The Kier molecular flexibility index (Phi) is 4.99. The summed E-state index contributed by atoms with van der Waals surface area (Å²) in [5.74, 6) is -1.28. The van der Waals surface area contributed by atoms with Gasteiger partial charge in [-0.1, -0.05) is 0 Å². The number of rotatable bonds is 4. The van der Waals surface area contributed by atoms with Crippen molar-refractivity contribution in [3.63, 3.8) is 0 Å². The van der Waals surface area contributed by atoms with E-state index < -0.39 is 45.1 Å². The van der Waals surface area contributed by atoms with E-state index in [4.69, 9.17) is 0 Å². The molecule has 108 valence electrons. The number of hydrogen-bond donors (Lipinski definition) is 0. The molecule has 0 aliphatic heterocycles. The Morgan fingerprint density at radius 2 is 1.61 bits per heavy atom. The number of hydrogen-bond acceptors (Lipinski definition) is 4. The summed E-state index contributed by atoms with van der Waals surface area (Å²) < 4.78 is 95.9. The molecule has 0 aromatic heterocycles. The van der Waals surface area contributed by atoms with Gasteiger partial charge in [0, 0.05) is 6.54 Å². The number of halogens is 6. The standard InChI is InChI=1S/C6H7F6NO4S/c1-17-4(14)2-3-13(5(7,8)9)18(15,16)6(10,11)12/h2-3H2,1H3. The van der Waals surface area contributed by atoms with E-state index in [2.05, 4.69) is 4.74 Å². The molecule has 18 heavy (non-hydrogen) atoms. The van der Waals surface area contributed by atoms with E-state index in [-0.39, 0.29) is 0 Å². The minimum absolute atomic E-state index is 0.790. The summed E-state index contributed by atoms with van der Waals surface area (Å²) in [6, 6.07) is 0. The summed E-state index contributed by atoms with van der Waals surface area (Å²) in [5.41, 5.74) is -6.11. The van der Waals surface area contributed by atoms with Gasteiger partial charge in [0.15, 0.2) is 0 Å². The monoisotopic (exact) mass is 303 g/mol. The van der Waals surface area contributed by atoms with Crippen molar-refractivity contribution in [1.29, 1.82) is 0 Å². The number of nitrogens with zero attached hydrogens (tertiary/aromatic N) is 1. The topological polar surface area (TPSA) is 63.7 Å². The lowest BCUT2D eigenvalue weighted by atomic mass is 10.4. The summed E-state index contributed by atoms with van der Waals surface area (Å²) in [7, 11) is -5.81. The highest BCUT2D eigenvalue weighted by Gasteiger charge is 2.58. The fourth-order valence-corrected chi connectivity index (χ4v) is 1.66. The zero-order valence-corrected chi connectivity index (χ0v) is 9.49. The van der Waals surface area contributed by atoms with Crippen molar-refractivity contribution >= 4 is 16.0 Å². The Morgan fingerprint density at radius 3 is 1.89 bits per heavy atom. The predicted molar refractivity (Wildman–Crippen MR) is 44.4 cm³/mol. The SMILES string of the molecule is COC(=O)CCN(C(F)(F)F)S(=O)(=O)C(F)(F)F. The van der Waals surface area contributed by atoms with E-state index in [0.717, 1.165) is 7.11 Å². The van der Waals surface area contributed by atoms with Crippen LogP contribution < -0.4 is 0 Å². The highest BCUT2D eigenvalue weighted by Crippen LogP contribution is 2.34. The van der Waals surface area contributed by atoms with Gasteiger partial charge in [-0.05, 0) is 0 Å². The fraction of sp³-hybridized carbons (Fsp3) is 0.833. The van der Waals surface area contributed by atoms with Crippen molar-refractivity contribution in [1.82, 2.24) is 4.31 Å². The Hall–Kier alpha value is -1.04. The minimum atomic E-state index is -6.60. The van der Waals surface area contributed by atoms with E-state index in [9.17, 15) is 39.6 Å². The quantitative estimate of drug-likeness (QED) is 0.445. The van der Waals surface area contributed by atoms with Crippen molar-refractivity contribution in [2.45, 2.75) is 18.2 Å². The van der Waals surface area contributed by atoms with Crippen molar-refractivity contribution in [2.75, 3.05) is 13.7 Å². The van der Waals surface area contributed by atoms with Crippen molar-refractivity contribution in [3.05, 3.63) is 0 Å². The smallest absolute Gasteiger partial charge is 0.469 e. The first-order valence-corrected chi connectivity index (χ1v) is 5.50. The average molecular weight is 303 g/mol. The third kappa shape index (κ3) is 4.01. The molecule has 0 radical (unpaired) electrons.